The maximum Gasteiger partial charge on any atom is 0.309 e. The average Bonchev–Trinajstić information content (AvgIpc) is 2.25. The summed E-state index contributed by atoms with van der Waals surface area (Å²) in [6.45, 7) is 2.76. The second-order valence-corrected chi connectivity index (χ2v) is 4.52. The Labute approximate surface area is 105 Å². The van der Waals surface area contributed by atoms with Crippen LogP contribution in [-0.4, -0.2) is 36.2 Å². The van der Waals surface area contributed by atoms with Crippen molar-refractivity contribution in [1.82, 2.24) is 4.90 Å². The van der Waals surface area contributed by atoms with E-state index in [1.165, 1.54) is 13.2 Å². The molecule has 1 unspecified atom stereocenters. The minimum Gasteiger partial charge on any atom is -0.496 e. The van der Waals surface area contributed by atoms with E-state index in [1.807, 2.05) is 11.8 Å². The van der Waals surface area contributed by atoms with Crippen molar-refractivity contribution < 1.29 is 19.0 Å². The van der Waals surface area contributed by atoms with E-state index in [4.69, 9.17) is 9.84 Å². The predicted molar refractivity (Wildman–Crippen MR) is 64.1 cm³/mol. The molecule has 1 aliphatic rings. The highest BCUT2D eigenvalue weighted by atomic mass is 19.1. The number of carboxylic acid groups (broad SMARTS) is 1. The van der Waals surface area contributed by atoms with E-state index in [0.29, 0.717) is 24.4 Å². The zero-order valence-electron chi connectivity index (χ0n) is 10.4. The SMILES string of the molecule is COc1cccc(F)c1C(C)N1CC(C(=O)O)C1. The van der Waals surface area contributed by atoms with Crippen LogP contribution in [0.25, 0.3) is 0 Å². The Morgan fingerprint density at radius 3 is 2.78 bits per heavy atom. The van der Waals surface area contributed by atoms with Gasteiger partial charge in [0.2, 0.25) is 0 Å². The van der Waals surface area contributed by atoms with Gasteiger partial charge in [-0.3, -0.25) is 9.69 Å². The van der Waals surface area contributed by atoms with E-state index in [9.17, 15) is 9.18 Å². The second-order valence-electron chi connectivity index (χ2n) is 4.52. The molecule has 0 spiro atoms. The number of carbonyl (C=O) groups is 1. The topological polar surface area (TPSA) is 49.8 Å². The van der Waals surface area contributed by atoms with E-state index in [0.717, 1.165) is 0 Å². The first-order chi connectivity index (χ1) is 8.54. The van der Waals surface area contributed by atoms with Crippen LogP contribution < -0.4 is 4.74 Å². The molecule has 0 radical (unpaired) electrons. The van der Waals surface area contributed by atoms with Crippen molar-refractivity contribution in [3.05, 3.63) is 29.6 Å². The molecule has 5 heteroatoms. The van der Waals surface area contributed by atoms with Gasteiger partial charge in [0, 0.05) is 24.7 Å². The van der Waals surface area contributed by atoms with Gasteiger partial charge in [0.1, 0.15) is 11.6 Å². The van der Waals surface area contributed by atoms with Gasteiger partial charge in [-0.15, -0.1) is 0 Å². The number of hydrogen-bond donors (Lipinski definition) is 1. The molecular formula is C13H16FNO3. The molecule has 0 aliphatic carbocycles. The van der Waals surface area contributed by atoms with Crippen LogP contribution in [0.1, 0.15) is 18.5 Å². The third kappa shape index (κ3) is 2.18. The van der Waals surface area contributed by atoms with Crippen LogP contribution in [0, 0.1) is 11.7 Å². The number of rotatable bonds is 4. The van der Waals surface area contributed by atoms with Crippen LogP contribution in [0.5, 0.6) is 5.75 Å². The summed E-state index contributed by atoms with van der Waals surface area (Å²) in [5, 5.41) is 8.83. The maximum absolute atomic E-state index is 13.8. The smallest absolute Gasteiger partial charge is 0.309 e. The number of ether oxygens (including phenoxy) is 1. The molecule has 0 bridgehead atoms. The molecule has 1 aromatic rings. The lowest BCUT2D eigenvalue weighted by Crippen LogP contribution is -2.51. The van der Waals surface area contributed by atoms with Crippen molar-refractivity contribution in [2.75, 3.05) is 20.2 Å². The standard InChI is InChI=1S/C13H16FNO3/c1-8(15-6-9(7-15)13(16)17)12-10(14)4-3-5-11(12)18-2/h3-5,8-9H,6-7H2,1-2H3,(H,16,17). The summed E-state index contributed by atoms with van der Waals surface area (Å²) in [6.07, 6.45) is 0. The van der Waals surface area contributed by atoms with Crippen molar-refractivity contribution in [3.63, 3.8) is 0 Å². The number of methoxy groups -OCH3 is 1. The lowest BCUT2D eigenvalue weighted by atomic mass is 9.94. The first-order valence-electron chi connectivity index (χ1n) is 5.83. The molecule has 18 heavy (non-hydrogen) atoms. The molecule has 1 fully saturated rings. The Morgan fingerprint density at radius 1 is 1.56 bits per heavy atom. The zero-order chi connectivity index (χ0) is 13.3. The zero-order valence-corrected chi connectivity index (χ0v) is 10.4. The number of halogens is 1. The molecule has 4 nitrogen and oxygen atoms in total. The lowest BCUT2D eigenvalue weighted by molar-refractivity contribution is -0.148. The molecule has 1 aromatic carbocycles. The summed E-state index contributed by atoms with van der Waals surface area (Å²) in [7, 11) is 1.50. The number of likely N-dealkylation sites (tertiary alicyclic amines) is 1. The average molecular weight is 253 g/mol. The summed E-state index contributed by atoms with van der Waals surface area (Å²) >= 11 is 0. The molecule has 0 aromatic heterocycles. The van der Waals surface area contributed by atoms with Gasteiger partial charge in [0.05, 0.1) is 13.0 Å². The fourth-order valence-electron chi connectivity index (χ4n) is 2.27. The quantitative estimate of drug-likeness (QED) is 0.890. The van der Waals surface area contributed by atoms with Gasteiger partial charge in [-0.25, -0.2) is 4.39 Å². The van der Waals surface area contributed by atoms with Crippen LogP contribution in [0.4, 0.5) is 4.39 Å². The van der Waals surface area contributed by atoms with Crippen LogP contribution in [-0.2, 0) is 4.79 Å². The predicted octanol–water partition coefficient (Wildman–Crippen LogP) is 1.91. The highest BCUT2D eigenvalue weighted by Gasteiger charge is 2.37. The van der Waals surface area contributed by atoms with Gasteiger partial charge in [-0.05, 0) is 19.1 Å². The molecule has 2 rings (SSSR count). The number of benzene rings is 1. The van der Waals surface area contributed by atoms with Crippen molar-refractivity contribution in [3.8, 4) is 5.75 Å². The van der Waals surface area contributed by atoms with Gasteiger partial charge in [0.15, 0.2) is 0 Å². The van der Waals surface area contributed by atoms with Crippen molar-refractivity contribution >= 4 is 5.97 Å². The molecule has 1 heterocycles. The van der Waals surface area contributed by atoms with Crippen molar-refractivity contribution in [2.24, 2.45) is 5.92 Å². The minimum absolute atomic E-state index is 0.184. The van der Waals surface area contributed by atoms with Crippen LogP contribution >= 0.6 is 0 Å². The van der Waals surface area contributed by atoms with Crippen molar-refractivity contribution in [1.29, 1.82) is 0 Å². The number of hydrogen-bond acceptors (Lipinski definition) is 3. The molecule has 98 valence electrons. The summed E-state index contributed by atoms with van der Waals surface area (Å²) < 4.78 is 19.0. The second kappa shape index (κ2) is 4.94. The Bertz CT molecular complexity index is 458. The number of aliphatic carboxylic acids is 1. The minimum atomic E-state index is -0.793. The van der Waals surface area contributed by atoms with Crippen LogP contribution in [0.15, 0.2) is 18.2 Å². The number of nitrogens with zero attached hydrogens (tertiary/aromatic N) is 1. The molecule has 0 saturated carbocycles. The summed E-state index contributed by atoms with van der Waals surface area (Å²) in [5.41, 5.74) is 0.490. The van der Waals surface area contributed by atoms with Gasteiger partial charge in [0.25, 0.3) is 0 Å². The monoisotopic (exact) mass is 253 g/mol. The van der Waals surface area contributed by atoms with Gasteiger partial charge in [-0.1, -0.05) is 6.07 Å². The first kappa shape index (κ1) is 12.8. The lowest BCUT2D eigenvalue weighted by Gasteiger charge is -2.41. The Balaban J connectivity index is 2.15. The number of carboxylic acids is 1. The molecule has 1 atom stereocenters. The van der Waals surface area contributed by atoms with Crippen molar-refractivity contribution in [2.45, 2.75) is 13.0 Å². The Morgan fingerprint density at radius 2 is 2.22 bits per heavy atom. The van der Waals surface area contributed by atoms with Gasteiger partial charge >= 0.3 is 5.97 Å². The maximum atomic E-state index is 13.8. The highest BCUT2D eigenvalue weighted by molar-refractivity contribution is 5.71. The summed E-state index contributed by atoms with van der Waals surface area (Å²) in [4.78, 5) is 12.7. The highest BCUT2D eigenvalue weighted by Crippen LogP contribution is 2.35. The van der Waals surface area contributed by atoms with E-state index in [2.05, 4.69) is 0 Å². The first-order valence-corrected chi connectivity index (χ1v) is 5.83. The Kier molecular flexibility index (Phi) is 3.52. The fraction of sp³-hybridized carbons (Fsp3) is 0.462. The third-order valence-electron chi connectivity index (χ3n) is 3.46. The molecule has 1 N–H and O–H groups in total. The molecule has 1 aliphatic heterocycles. The fourth-order valence-corrected chi connectivity index (χ4v) is 2.27. The van der Waals surface area contributed by atoms with E-state index >= 15 is 0 Å². The van der Waals surface area contributed by atoms with Gasteiger partial charge in [-0.2, -0.15) is 0 Å². The molecule has 1 saturated heterocycles. The molecular weight excluding hydrogens is 237 g/mol. The van der Waals surface area contributed by atoms with Crippen LogP contribution in [0.2, 0.25) is 0 Å². The van der Waals surface area contributed by atoms with E-state index < -0.39 is 5.97 Å². The van der Waals surface area contributed by atoms with Crippen LogP contribution in [0.3, 0.4) is 0 Å². The van der Waals surface area contributed by atoms with E-state index in [1.54, 1.807) is 12.1 Å². The summed E-state index contributed by atoms with van der Waals surface area (Å²) in [6, 6.07) is 4.52. The van der Waals surface area contributed by atoms with E-state index in [-0.39, 0.29) is 17.8 Å². The normalized spacial score (nSPS) is 18.2. The Hall–Kier alpha value is -1.62. The largest absolute Gasteiger partial charge is 0.496 e. The summed E-state index contributed by atoms with van der Waals surface area (Å²) in [5.74, 6) is -0.953. The molecule has 0 amide bonds. The third-order valence-corrected chi connectivity index (χ3v) is 3.46. The van der Waals surface area contributed by atoms with Gasteiger partial charge < -0.3 is 9.84 Å².